The smallest absolute Gasteiger partial charge is 0.333 e. The average Bonchev–Trinajstić information content (AvgIpc) is 3.01. The quantitative estimate of drug-likeness (QED) is 0.360. The van der Waals surface area contributed by atoms with Crippen LogP contribution in [-0.2, 0) is 23.5 Å². The zero-order chi connectivity index (χ0) is 22.3. The molecule has 2 aromatic rings. The van der Waals surface area contributed by atoms with Crippen LogP contribution in [0, 0.1) is 0 Å². The summed E-state index contributed by atoms with van der Waals surface area (Å²) in [6.45, 7) is 3.32. The van der Waals surface area contributed by atoms with Gasteiger partial charge in [-0.2, -0.15) is 0 Å². The normalized spacial score (nSPS) is 17.8. The topological polar surface area (TPSA) is 136 Å². The molecule has 30 heavy (non-hydrogen) atoms. The standard InChI is InChI=1S/C20H22N2O6P2/c1-28-20(24)18(21)30(26,27)13-6-4-12(5-7-13)10-16-15-9-8-14(29(2,3)25)11-17(15)22-19(16)23/h4-11,18H,21H2,1-3H3,(H,22,23)(H,26,27)/b16-10-. The fourth-order valence-corrected chi connectivity index (χ4v) is 5.20. The van der Waals surface area contributed by atoms with Gasteiger partial charge in [-0.25, -0.2) is 4.79 Å². The third-order valence-electron chi connectivity index (χ3n) is 4.80. The van der Waals surface area contributed by atoms with E-state index in [1.165, 1.54) is 12.1 Å². The minimum atomic E-state index is -4.17. The number of carbonyl (C=O) groups excluding carboxylic acids is 2. The van der Waals surface area contributed by atoms with Gasteiger partial charge < -0.3 is 25.2 Å². The Labute approximate surface area is 173 Å². The fraction of sp³-hybridized carbons (Fsp3) is 0.200. The summed E-state index contributed by atoms with van der Waals surface area (Å²) in [5.74, 6) is -2.95. The van der Waals surface area contributed by atoms with Crippen molar-refractivity contribution < 1.29 is 28.3 Å². The maximum absolute atomic E-state index is 12.5. The predicted octanol–water partition coefficient (Wildman–Crippen LogP) is 1.78. The number of methoxy groups -OCH3 is 1. The fourth-order valence-electron chi connectivity index (χ4n) is 3.04. The Bertz CT molecular complexity index is 1150. The number of ether oxygens (including phenoxy) is 1. The lowest BCUT2D eigenvalue weighted by atomic mass is 10.0. The van der Waals surface area contributed by atoms with Crippen LogP contribution in [0.2, 0.25) is 0 Å². The van der Waals surface area contributed by atoms with E-state index in [1.54, 1.807) is 49.7 Å². The van der Waals surface area contributed by atoms with Crippen molar-refractivity contribution in [2.45, 2.75) is 5.78 Å². The molecule has 3 rings (SSSR count). The molecule has 0 aromatic heterocycles. The van der Waals surface area contributed by atoms with Crippen molar-refractivity contribution in [1.82, 2.24) is 0 Å². The number of benzene rings is 2. The molecule has 0 fully saturated rings. The van der Waals surface area contributed by atoms with E-state index >= 15 is 0 Å². The number of nitrogens with one attached hydrogen (secondary N) is 1. The Morgan fingerprint density at radius 2 is 1.73 bits per heavy atom. The zero-order valence-corrected chi connectivity index (χ0v) is 18.4. The van der Waals surface area contributed by atoms with E-state index in [1.807, 2.05) is 0 Å². The lowest BCUT2D eigenvalue weighted by Crippen LogP contribution is -2.34. The van der Waals surface area contributed by atoms with Crippen LogP contribution in [0.15, 0.2) is 42.5 Å². The van der Waals surface area contributed by atoms with Crippen molar-refractivity contribution in [3.63, 3.8) is 0 Å². The van der Waals surface area contributed by atoms with Gasteiger partial charge in [-0.3, -0.25) is 9.36 Å². The number of carbonyl (C=O) groups is 2. The van der Waals surface area contributed by atoms with E-state index in [-0.39, 0.29) is 11.2 Å². The third-order valence-corrected chi connectivity index (χ3v) is 8.33. The Kier molecular flexibility index (Phi) is 5.89. The summed E-state index contributed by atoms with van der Waals surface area (Å²) in [7, 11) is -5.55. The van der Waals surface area contributed by atoms with Crippen LogP contribution in [0.5, 0.6) is 0 Å². The number of hydrogen-bond acceptors (Lipinski definition) is 6. The highest BCUT2D eigenvalue weighted by Crippen LogP contribution is 2.43. The molecular weight excluding hydrogens is 426 g/mol. The largest absolute Gasteiger partial charge is 0.467 e. The molecule has 8 nitrogen and oxygen atoms in total. The molecule has 1 aliphatic rings. The molecule has 0 saturated carbocycles. The third kappa shape index (κ3) is 4.18. The monoisotopic (exact) mass is 448 g/mol. The van der Waals surface area contributed by atoms with Gasteiger partial charge in [0.25, 0.3) is 13.3 Å². The van der Waals surface area contributed by atoms with E-state index in [0.29, 0.717) is 27.7 Å². The van der Waals surface area contributed by atoms with Gasteiger partial charge in [0, 0.05) is 27.4 Å². The van der Waals surface area contributed by atoms with Crippen LogP contribution in [0.3, 0.4) is 0 Å². The van der Waals surface area contributed by atoms with E-state index < -0.39 is 26.3 Å². The van der Waals surface area contributed by atoms with Crippen LogP contribution in [0.4, 0.5) is 5.69 Å². The van der Waals surface area contributed by atoms with Crippen molar-refractivity contribution in [1.29, 1.82) is 0 Å². The summed E-state index contributed by atoms with van der Waals surface area (Å²) in [6.07, 6.45) is 1.64. The van der Waals surface area contributed by atoms with E-state index in [4.69, 9.17) is 5.73 Å². The van der Waals surface area contributed by atoms with Crippen LogP contribution in [0.1, 0.15) is 11.1 Å². The Hall–Kier alpha value is -2.50. The van der Waals surface area contributed by atoms with E-state index in [9.17, 15) is 23.6 Å². The van der Waals surface area contributed by atoms with Gasteiger partial charge in [-0.15, -0.1) is 0 Å². The highest BCUT2D eigenvalue weighted by Gasteiger charge is 2.36. The van der Waals surface area contributed by atoms with Crippen molar-refractivity contribution in [3.8, 4) is 0 Å². The van der Waals surface area contributed by atoms with Gasteiger partial charge >= 0.3 is 5.97 Å². The Morgan fingerprint density at radius 3 is 2.30 bits per heavy atom. The minimum absolute atomic E-state index is 0.00473. The second-order valence-electron chi connectivity index (χ2n) is 7.28. The van der Waals surface area contributed by atoms with Gasteiger partial charge in [0.2, 0.25) is 0 Å². The maximum atomic E-state index is 12.5. The molecule has 2 unspecified atom stereocenters. The molecule has 4 N–H and O–H groups in total. The van der Waals surface area contributed by atoms with Crippen LogP contribution < -0.4 is 21.7 Å². The molecule has 2 atom stereocenters. The van der Waals surface area contributed by atoms with Gasteiger partial charge in [0.1, 0.15) is 7.14 Å². The Balaban J connectivity index is 1.92. The second-order valence-corrected chi connectivity index (χ2v) is 12.8. The zero-order valence-electron chi connectivity index (χ0n) is 16.7. The molecule has 0 bridgehead atoms. The molecule has 158 valence electrons. The van der Waals surface area contributed by atoms with Crippen LogP contribution in [0.25, 0.3) is 11.6 Å². The van der Waals surface area contributed by atoms with Gasteiger partial charge in [-0.05, 0) is 43.2 Å². The summed E-state index contributed by atoms with van der Waals surface area (Å²) in [5.41, 5.74) is 7.86. The summed E-state index contributed by atoms with van der Waals surface area (Å²) in [4.78, 5) is 34.2. The van der Waals surface area contributed by atoms with Crippen LogP contribution in [-0.4, -0.2) is 43.0 Å². The number of anilines is 1. The minimum Gasteiger partial charge on any atom is -0.467 e. The van der Waals surface area contributed by atoms with Crippen molar-refractivity contribution in [3.05, 3.63) is 53.6 Å². The molecular formula is C20H22N2O6P2. The SMILES string of the molecule is COC(=O)C(N)P(=O)(O)c1ccc(/C=C2\C(=O)Nc3cc(P(C)(C)=O)ccc32)cc1. The molecule has 0 saturated heterocycles. The molecule has 0 radical (unpaired) electrons. The number of fused-ring (bicyclic) bond motifs is 1. The predicted molar refractivity (Wildman–Crippen MR) is 118 cm³/mol. The van der Waals surface area contributed by atoms with Crippen molar-refractivity contribution in [2.24, 2.45) is 5.73 Å². The first-order chi connectivity index (χ1) is 13.9. The molecule has 1 heterocycles. The molecule has 2 aromatic carbocycles. The first-order valence-corrected chi connectivity index (χ1v) is 13.3. The molecule has 0 spiro atoms. The van der Waals surface area contributed by atoms with Crippen LogP contribution >= 0.6 is 14.5 Å². The number of rotatable bonds is 5. The maximum Gasteiger partial charge on any atom is 0.333 e. The first kappa shape index (κ1) is 22.2. The van der Waals surface area contributed by atoms with Crippen molar-refractivity contribution >= 4 is 54.3 Å². The second kappa shape index (κ2) is 7.97. The summed E-state index contributed by atoms with van der Waals surface area (Å²) in [5, 5.41) is 3.45. The van der Waals surface area contributed by atoms with Gasteiger partial charge in [-0.1, -0.05) is 24.3 Å². The number of esters is 1. The van der Waals surface area contributed by atoms with Gasteiger partial charge in [0.15, 0.2) is 5.78 Å². The van der Waals surface area contributed by atoms with Gasteiger partial charge in [0.05, 0.1) is 7.11 Å². The lowest BCUT2D eigenvalue weighted by molar-refractivity contribution is -0.140. The molecule has 10 heteroatoms. The molecule has 0 aliphatic carbocycles. The van der Waals surface area contributed by atoms with Crippen molar-refractivity contribution in [2.75, 3.05) is 25.8 Å². The van der Waals surface area contributed by atoms with E-state index in [2.05, 4.69) is 10.1 Å². The average molecular weight is 448 g/mol. The number of nitrogens with two attached hydrogens (primary N) is 1. The molecule has 1 amide bonds. The summed E-state index contributed by atoms with van der Waals surface area (Å²) < 4.78 is 29.3. The number of amides is 1. The number of hydrogen-bond donors (Lipinski definition) is 3. The molecule has 1 aliphatic heterocycles. The lowest BCUT2D eigenvalue weighted by Gasteiger charge is -2.17. The highest BCUT2D eigenvalue weighted by molar-refractivity contribution is 7.70. The van der Waals surface area contributed by atoms with E-state index in [0.717, 1.165) is 7.11 Å². The summed E-state index contributed by atoms with van der Waals surface area (Å²) >= 11 is 0. The first-order valence-electron chi connectivity index (χ1n) is 8.94. The highest BCUT2D eigenvalue weighted by atomic mass is 31.2. The summed E-state index contributed by atoms with van der Waals surface area (Å²) in [6, 6.07) is 11.1. The Morgan fingerprint density at radius 1 is 1.13 bits per heavy atom.